The quantitative estimate of drug-likeness (QED) is 0.127. The normalized spacial score (nSPS) is 11.6. The van der Waals surface area contributed by atoms with Gasteiger partial charge in [0, 0.05) is 66.3 Å². The van der Waals surface area contributed by atoms with Crippen LogP contribution in [0.2, 0.25) is 0 Å². The number of aryl methyl sites for hydroxylation is 8. The second-order valence-electron chi connectivity index (χ2n) is 22.1. The predicted molar refractivity (Wildman–Crippen MR) is 487 cm³/mol. The number of fused-ring (bicyclic) bond motifs is 7. The topological polar surface area (TPSA) is 33.9 Å². The second-order valence-corrected chi connectivity index (χ2v) is 22.1. The van der Waals surface area contributed by atoms with Crippen molar-refractivity contribution in [1.82, 2.24) is 13.9 Å². The summed E-state index contributed by atoms with van der Waals surface area (Å²) in [6.45, 7) is 63.2. The van der Waals surface area contributed by atoms with Crippen molar-refractivity contribution in [2.45, 2.75) is 227 Å². The Balaban J connectivity index is -0.00000119. The molecule has 12 aromatic rings. The van der Waals surface area contributed by atoms with Crippen molar-refractivity contribution in [3.63, 3.8) is 0 Å². The van der Waals surface area contributed by atoms with Crippen LogP contribution >= 0.6 is 0 Å². The molecule has 0 fully saturated rings. The van der Waals surface area contributed by atoms with E-state index in [0.29, 0.717) is 12.3 Å². The molecule has 2 aliphatic rings. The SMILES string of the molecule is CC.CC.CC.CC.CC.CC.CC.CC.CC.CC.CC.CC.Cc1cccc2c3ccccc3n3cc[n+](C)c3c12.Cc1ccccc1-c1cccc[n+]1C.Cc1ccccc1-c1n(-c2ccccc2)cc[n+]1C.Cc1ccccc1N1C=CN(C)[C@@H]1C.Cc1ccccc1N1c2ccccc2N(C)[C@@H]1C. The zero-order valence-electron chi connectivity index (χ0n) is 74.9. The Bertz CT molecular complexity index is 4210. The fourth-order valence-electron chi connectivity index (χ4n) is 11.6. The maximum Gasteiger partial charge on any atom is 0.294 e. The van der Waals surface area contributed by atoms with Crippen molar-refractivity contribution in [1.29, 1.82) is 0 Å². The zero-order valence-corrected chi connectivity index (χ0v) is 74.9. The van der Waals surface area contributed by atoms with Crippen LogP contribution in [-0.2, 0) is 21.1 Å². The smallest absolute Gasteiger partial charge is 0.294 e. The van der Waals surface area contributed by atoms with Gasteiger partial charge in [-0.2, -0.15) is 8.97 Å². The zero-order chi connectivity index (χ0) is 83.0. The van der Waals surface area contributed by atoms with E-state index in [-0.39, 0.29) is 0 Å². The van der Waals surface area contributed by atoms with Gasteiger partial charge in [0.15, 0.2) is 6.20 Å². The summed E-state index contributed by atoms with van der Waals surface area (Å²) in [7, 11) is 10.5. The van der Waals surface area contributed by atoms with Crippen LogP contribution in [0.1, 0.15) is 208 Å². The minimum atomic E-state index is 0.350. The van der Waals surface area contributed by atoms with Gasteiger partial charge in [-0.15, -0.1) is 0 Å². The maximum atomic E-state index is 2.41. The number of imidazole rings is 2. The van der Waals surface area contributed by atoms with Gasteiger partial charge in [0.2, 0.25) is 5.69 Å². The van der Waals surface area contributed by atoms with Gasteiger partial charge in [-0.1, -0.05) is 306 Å². The van der Waals surface area contributed by atoms with Gasteiger partial charge in [-0.3, -0.25) is 0 Å². The van der Waals surface area contributed by atoms with E-state index in [4.69, 9.17) is 0 Å². The molecule has 0 amide bonds. The highest BCUT2D eigenvalue weighted by molar-refractivity contribution is 6.12. The summed E-state index contributed by atoms with van der Waals surface area (Å²) in [5, 5.41) is 3.98. The van der Waals surface area contributed by atoms with Gasteiger partial charge in [0.1, 0.15) is 55.4 Å². The Labute approximate surface area is 662 Å². The molecule has 4 aromatic heterocycles. The van der Waals surface area contributed by atoms with Gasteiger partial charge < -0.3 is 19.6 Å². The first-order valence-corrected chi connectivity index (χ1v) is 41.1. The minimum Gasteiger partial charge on any atom is -0.359 e. The Hall–Kier alpha value is -9.73. The average Bonchev–Trinajstić information content (AvgIpc) is 1.41. The molecule has 0 unspecified atom stereocenters. The molecule has 0 saturated carbocycles. The molecule has 9 heteroatoms. The fraction of sp³-hybridized carbons (Fsp3) is 0.384. The van der Waals surface area contributed by atoms with Crippen LogP contribution in [0.3, 0.4) is 0 Å². The second kappa shape index (κ2) is 60.3. The minimum absolute atomic E-state index is 0.350. The van der Waals surface area contributed by atoms with Crippen LogP contribution in [0.5, 0.6) is 0 Å². The highest BCUT2D eigenvalue weighted by Gasteiger charge is 2.32. The average molecular weight is 1470 g/mol. The van der Waals surface area contributed by atoms with E-state index in [1.54, 1.807) is 0 Å². The molecular formula is C99H152N9+3. The van der Waals surface area contributed by atoms with E-state index in [0.717, 1.165) is 0 Å². The number of hydrogen-bond donors (Lipinski definition) is 0. The van der Waals surface area contributed by atoms with Crippen molar-refractivity contribution in [2.75, 3.05) is 28.8 Å². The molecule has 14 rings (SSSR count). The molecule has 0 saturated heterocycles. The van der Waals surface area contributed by atoms with Gasteiger partial charge in [-0.25, -0.2) is 13.7 Å². The summed E-state index contributed by atoms with van der Waals surface area (Å²) in [4.78, 5) is 9.22. The number of pyridine rings is 2. The first-order valence-electron chi connectivity index (χ1n) is 41.1. The molecule has 6 heterocycles. The number of aromatic nitrogens is 5. The van der Waals surface area contributed by atoms with Gasteiger partial charge in [0.05, 0.1) is 36.4 Å². The van der Waals surface area contributed by atoms with E-state index >= 15 is 0 Å². The van der Waals surface area contributed by atoms with Crippen LogP contribution in [-0.4, -0.2) is 40.3 Å². The van der Waals surface area contributed by atoms with E-state index in [9.17, 15) is 0 Å². The lowest BCUT2D eigenvalue weighted by atomic mass is 10.0. The first-order chi connectivity index (χ1) is 52.7. The number of nitrogens with zero attached hydrogens (tertiary/aromatic N) is 9. The molecule has 0 spiro atoms. The largest absolute Gasteiger partial charge is 0.359 e. The lowest BCUT2D eigenvalue weighted by Crippen LogP contribution is -2.35. The first kappa shape index (κ1) is 102. The monoisotopic (exact) mass is 1470 g/mol. The third-order valence-electron chi connectivity index (χ3n) is 16.5. The molecule has 108 heavy (non-hydrogen) atoms. The molecule has 590 valence electrons. The van der Waals surface area contributed by atoms with Crippen molar-refractivity contribution in [3.8, 4) is 28.3 Å². The van der Waals surface area contributed by atoms with E-state index in [2.05, 4.69) is 370 Å². The van der Waals surface area contributed by atoms with Crippen LogP contribution in [0.15, 0.2) is 256 Å². The third kappa shape index (κ3) is 28.1. The summed E-state index contributed by atoms with van der Waals surface area (Å²) in [5.41, 5.74) is 19.3. The predicted octanol–water partition coefficient (Wildman–Crippen LogP) is 27.9. The fourth-order valence-corrected chi connectivity index (χ4v) is 11.6. The van der Waals surface area contributed by atoms with Crippen molar-refractivity contribution in [3.05, 3.63) is 284 Å². The van der Waals surface area contributed by atoms with Crippen LogP contribution < -0.4 is 28.4 Å². The van der Waals surface area contributed by atoms with E-state index < -0.39 is 0 Å². The Kier molecular flexibility index (Phi) is 57.2. The Morgan fingerprint density at radius 1 is 0.315 bits per heavy atom. The summed E-state index contributed by atoms with van der Waals surface area (Å²) >= 11 is 0. The van der Waals surface area contributed by atoms with Crippen LogP contribution in [0, 0.1) is 34.6 Å². The molecule has 0 radical (unpaired) electrons. The highest BCUT2D eigenvalue weighted by atomic mass is 15.4. The Morgan fingerprint density at radius 2 is 0.731 bits per heavy atom. The summed E-state index contributed by atoms with van der Waals surface area (Å²) < 4.78 is 11.0. The number of benzene rings is 8. The van der Waals surface area contributed by atoms with Crippen LogP contribution in [0.4, 0.5) is 22.7 Å². The van der Waals surface area contributed by atoms with Crippen molar-refractivity contribution >= 4 is 50.1 Å². The molecular weight excluding hydrogens is 1320 g/mol. The highest BCUT2D eigenvalue weighted by Crippen LogP contribution is 2.44. The van der Waals surface area contributed by atoms with Gasteiger partial charge in [-0.05, 0) is 137 Å². The number of hydrogen-bond acceptors (Lipinski definition) is 4. The van der Waals surface area contributed by atoms with Gasteiger partial charge >= 0.3 is 0 Å². The number of rotatable bonds is 5. The molecule has 0 bridgehead atoms. The summed E-state index contributed by atoms with van der Waals surface area (Å²) in [6, 6.07) is 74.4. The standard InChI is InChI=1S/C17H15N2.C17H17N2.C16H18N2.C13H14N.C12H16N2.12C2H6/c1-12-6-5-8-14-13-7-3-4-9-15(13)19-11-10-18(2)17(19)16(12)14;1-14-8-6-7-11-16(14)17-18(2)12-13-19(17)15-9-4-3-5-10-15;1-12-8-4-5-9-14(12)18-13(2)17(3)15-10-6-7-11-16(15)18;1-11-7-3-4-8-12(11)13-9-5-6-10-14(13)2;1-10-6-4-5-7-12(10)14-9-8-13(3)11(14)2;12*1-2/h3-11H,1-2H3;3-13H,1-2H3;4-11,13H,1-3H3;3-10H,1-2H3;4-9,11H,1-3H3;12*1-2H3/q2*+1;;+1;;;;;;;;;;;;;/t;;13-;;11-;;;;;;;;;;;;/m..0.0............/s1. The Morgan fingerprint density at radius 3 is 1.23 bits per heavy atom. The molecule has 0 aliphatic carbocycles. The maximum absolute atomic E-state index is 2.41. The number of anilines is 4. The molecule has 8 aromatic carbocycles. The molecule has 2 aliphatic heterocycles. The van der Waals surface area contributed by atoms with Gasteiger partial charge in [0.25, 0.3) is 11.5 Å². The number of para-hydroxylation sites is 6. The van der Waals surface area contributed by atoms with E-state index in [1.165, 1.54) is 106 Å². The lowest BCUT2D eigenvalue weighted by molar-refractivity contribution is -0.660. The molecule has 9 nitrogen and oxygen atoms in total. The lowest BCUT2D eigenvalue weighted by Gasteiger charge is -2.28. The third-order valence-corrected chi connectivity index (χ3v) is 16.5. The van der Waals surface area contributed by atoms with Crippen LogP contribution in [0.25, 0.3) is 55.7 Å². The van der Waals surface area contributed by atoms with Crippen molar-refractivity contribution < 1.29 is 13.7 Å². The van der Waals surface area contributed by atoms with E-state index in [1.807, 2.05) is 178 Å². The summed E-state index contributed by atoms with van der Waals surface area (Å²) in [6.07, 6.45) is 15.5. The molecule has 2 atom stereocenters. The molecule has 0 N–H and O–H groups in total. The van der Waals surface area contributed by atoms with Crippen molar-refractivity contribution in [2.24, 2.45) is 21.1 Å². The summed E-state index contributed by atoms with van der Waals surface area (Å²) in [5.74, 6) is 1.20.